The molecule has 0 unspecified atom stereocenters. The van der Waals surface area contributed by atoms with Gasteiger partial charge in [0, 0.05) is 12.7 Å². The molecule has 6 nitrogen and oxygen atoms in total. The normalized spacial score (nSPS) is 17.3. The van der Waals surface area contributed by atoms with E-state index in [9.17, 15) is 9.59 Å². The third kappa shape index (κ3) is 3.12. The molecular weight excluding hydrogens is 244 g/mol. The van der Waals surface area contributed by atoms with Crippen LogP contribution in [0.25, 0.3) is 0 Å². The van der Waals surface area contributed by atoms with Crippen LogP contribution in [0.3, 0.4) is 0 Å². The first-order valence-electron chi connectivity index (χ1n) is 6.60. The zero-order valence-electron chi connectivity index (χ0n) is 11.1. The number of likely N-dealkylation sites (tertiary alicyclic amines) is 1. The van der Waals surface area contributed by atoms with Crippen LogP contribution in [0.2, 0.25) is 0 Å². The van der Waals surface area contributed by atoms with E-state index in [-0.39, 0.29) is 5.56 Å². The van der Waals surface area contributed by atoms with Gasteiger partial charge < -0.3 is 4.90 Å². The van der Waals surface area contributed by atoms with Gasteiger partial charge in [0.2, 0.25) is 0 Å². The van der Waals surface area contributed by atoms with E-state index in [1.165, 1.54) is 10.8 Å². The summed E-state index contributed by atoms with van der Waals surface area (Å²) in [4.78, 5) is 27.6. The Labute approximate surface area is 111 Å². The van der Waals surface area contributed by atoms with Gasteiger partial charge in [-0.15, -0.1) is 0 Å². The van der Waals surface area contributed by atoms with Crippen LogP contribution in [0.15, 0.2) is 15.8 Å². The molecule has 0 aromatic carbocycles. The summed E-state index contributed by atoms with van der Waals surface area (Å²) < 4.78 is 1.45. The quantitative estimate of drug-likeness (QED) is 0.840. The van der Waals surface area contributed by atoms with E-state index in [4.69, 9.17) is 5.26 Å². The van der Waals surface area contributed by atoms with E-state index in [0.717, 1.165) is 32.5 Å². The van der Waals surface area contributed by atoms with Crippen molar-refractivity contribution < 1.29 is 0 Å². The Morgan fingerprint density at radius 3 is 2.68 bits per heavy atom. The predicted molar refractivity (Wildman–Crippen MR) is 70.9 cm³/mol. The van der Waals surface area contributed by atoms with Crippen LogP contribution in [0.4, 0.5) is 0 Å². The van der Waals surface area contributed by atoms with Crippen molar-refractivity contribution in [1.29, 1.82) is 5.26 Å². The van der Waals surface area contributed by atoms with E-state index >= 15 is 0 Å². The molecule has 0 aliphatic carbocycles. The van der Waals surface area contributed by atoms with Crippen molar-refractivity contribution in [2.45, 2.75) is 26.3 Å². The highest BCUT2D eigenvalue weighted by atomic mass is 16.2. The van der Waals surface area contributed by atoms with Gasteiger partial charge in [0.1, 0.15) is 11.6 Å². The Morgan fingerprint density at radius 1 is 1.42 bits per heavy atom. The Hall–Kier alpha value is -1.87. The molecule has 0 saturated carbocycles. The summed E-state index contributed by atoms with van der Waals surface area (Å²) in [5.41, 5.74) is -1.04. The first kappa shape index (κ1) is 13.6. The van der Waals surface area contributed by atoms with Crippen LogP contribution >= 0.6 is 0 Å². The monoisotopic (exact) mass is 262 g/mol. The summed E-state index contributed by atoms with van der Waals surface area (Å²) >= 11 is 0. The second-order valence-corrected chi connectivity index (χ2v) is 4.94. The number of hydrogen-bond donors (Lipinski definition) is 1. The van der Waals surface area contributed by atoms with Crippen LogP contribution in [-0.2, 0) is 6.54 Å². The summed E-state index contributed by atoms with van der Waals surface area (Å²) in [6.45, 7) is 5.87. The lowest BCUT2D eigenvalue weighted by molar-refractivity contribution is 0.180. The van der Waals surface area contributed by atoms with Crippen LogP contribution in [0, 0.1) is 17.2 Å². The highest BCUT2D eigenvalue weighted by Crippen LogP contribution is 2.18. The van der Waals surface area contributed by atoms with Crippen molar-refractivity contribution >= 4 is 0 Å². The van der Waals surface area contributed by atoms with Crippen molar-refractivity contribution in [2.24, 2.45) is 5.92 Å². The minimum atomic E-state index is -0.607. The summed E-state index contributed by atoms with van der Waals surface area (Å²) in [7, 11) is 0. The molecule has 0 spiro atoms. The summed E-state index contributed by atoms with van der Waals surface area (Å²) in [6.07, 6.45) is 3.45. The predicted octanol–water partition coefficient (Wildman–Crippen LogP) is 0.140. The van der Waals surface area contributed by atoms with E-state index in [1.54, 1.807) is 6.07 Å². The van der Waals surface area contributed by atoms with Crippen molar-refractivity contribution in [3.8, 4) is 6.07 Å². The van der Waals surface area contributed by atoms with Gasteiger partial charge in [-0.25, -0.2) is 4.79 Å². The Morgan fingerprint density at radius 2 is 2.11 bits per heavy atom. The van der Waals surface area contributed by atoms with E-state index in [0.29, 0.717) is 12.5 Å². The van der Waals surface area contributed by atoms with Gasteiger partial charge in [-0.05, 0) is 38.4 Å². The fraction of sp³-hybridized carbons (Fsp3) is 0.615. The number of nitriles is 1. The van der Waals surface area contributed by atoms with Gasteiger partial charge >= 0.3 is 5.69 Å². The lowest BCUT2D eigenvalue weighted by atomic mass is 9.97. The van der Waals surface area contributed by atoms with Crippen molar-refractivity contribution in [2.75, 3.05) is 19.6 Å². The molecule has 0 atom stereocenters. The number of aromatic nitrogens is 2. The smallest absolute Gasteiger partial charge is 0.304 e. The second kappa shape index (κ2) is 5.85. The lowest BCUT2D eigenvalue weighted by Crippen LogP contribution is -2.37. The standard InChI is InChI=1S/C13H18N4O2/c1-2-16-5-3-10(4-6-16)8-17-9-11(7-14)12(18)15-13(17)19/h9-10H,2-6,8H2,1H3,(H,15,18,19). The fourth-order valence-electron chi connectivity index (χ4n) is 2.49. The van der Waals surface area contributed by atoms with Gasteiger partial charge in [-0.3, -0.25) is 14.3 Å². The van der Waals surface area contributed by atoms with Gasteiger partial charge in [0.15, 0.2) is 0 Å². The lowest BCUT2D eigenvalue weighted by Gasteiger charge is -2.31. The van der Waals surface area contributed by atoms with Crippen LogP contribution in [-0.4, -0.2) is 34.1 Å². The molecule has 6 heteroatoms. The largest absolute Gasteiger partial charge is 0.328 e. The van der Waals surface area contributed by atoms with Crippen LogP contribution in [0.5, 0.6) is 0 Å². The van der Waals surface area contributed by atoms with Gasteiger partial charge in [-0.2, -0.15) is 5.26 Å². The SMILES string of the molecule is CCN1CCC(Cn2cc(C#N)c(=O)[nH]c2=O)CC1. The molecule has 1 saturated heterocycles. The molecule has 102 valence electrons. The first-order valence-corrected chi connectivity index (χ1v) is 6.60. The number of H-pyrrole nitrogens is 1. The molecule has 1 aliphatic heterocycles. The zero-order valence-corrected chi connectivity index (χ0v) is 11.1. The molecule has 1 aliphatic rings. The number of nitrogens with zero attached hydrogens (tertiary/aromatic N) is 3. The number of nitrogens with one attached hydrogen (secondary N) is 1. The highest BCUT2D eigenvalue weighted by Gasteiger charge is 2.19. The summed E-state index contributed by atoms with van der Waals surface area (Å²) in [5, 5.41) is 8.81. The average Bonchev–Trinajstić information content (AvgIpc) is 2.42. The number of hydrogen-bond acceptors (Lipinski definition) is 4. The third-order valence-electron chi connectivity index (χ3n) is 3.74. The molecule has 0 radical (unpaired) electrons. The third-order valence-corrected chi connectivity index (χ3v) is 3.74. The van der Waals surface area contributed by atoms with Gasteiger partial charge in [0.25, 0.3) is 5.56 Å². The van der Waals surface area contributed by atoms with E-state index < -0.39 is 11.2 Å². The van der Waals surface area contributed by atoms with Gasteiger partial charge in [-0.1, -0.05) is 6.92 Å². The first-order chi connectivity index (χ1) is 9.13. The van der Waals surface area contributed by atoms with Crippen LogP contribution in [0.1, 0.15) is 25.3 Å². The van der Waals surface area contributed by atoms with Crippen molar-refractivity contribution in [3.63, 3.8) is 0 Å². The molecule has 0 bridgehead atoms. The highest BCUT2D eigenvalue weighted by molar-refractivity contribution is 5.21. The number of rotatable bonds is 3. The Kier molecular flexibility index (Phi) is 4.17. The average molecular weight is 262 g/mol. The maximum atomic E-state index is 11.7. The topological polar surface area (TPSA) is 81.9 Å². The van der Waals surface area contributed by atoms with E-state index in [2.05, 4.69) is 16.8 Å². The number of piperidine rings is 1. The molecule has 1 fully saturated rings. The Balaban J connectivity index is 2.10. The molecule has 19 heavy (non-hydrogen) atoms. The van der Waals surface area contributed by atoms with E-state index in [1.807, 2.05) is 0 Å². The zero-order chi connectivity index (χ0) is 13.8. The molecular formula is C13H18N4O2. The second-order valence-electron chi connectivity index (χ2n) is 4.94. The maximum absolute atomic E-state index is 11.7. The van der Waals surface area contributed by atoms with Crippen LogP contribution < -0.4 is 11.2 Å². The summed E-state index contributed by atoms with van der Waals surface area (Å²) in [6, 6.07) is 1.80. The fourth-order valence-corrected chi connectivity index (χ4v) is 2.49. The molecule has 1 N–H and O–H groups in total. The maximum Gasteiger partial charge on any atom is 0.328 e. The molecule has 2 rings (SSSR count). The van der Waals surface area contributed by atoms with Gasteiger partial charge in [0.05, 0.1) is 0 Å². The summed E-state index contributed by atoms with van der Waals surface area (Å²) in [5.74, 6) is 0.429. The van der Waals surface area contributed by atoms with Crippen molar-refractivity contribution in [3.05, 3.63) is 32.6 Å². The minimum Gasteiger partial charge on any atom is -0.304 e. The molecule has 1 aromatic heterocycles. The molecule has 1 aromatic rings. The Bertz CT molecular complexity index is 588. The molecule has 2 heterocycles. The minimum absolute atomic E-state index is 0.00871. The molecule has 0 amide bonds. The van der Waals surface area contributed by atoms with Crippen molar-refractivity contribution in [1.82, 2.24) is 14.5 Å². The number of aromatic amines is 1.